The lowest BCUT2D eigenvalue weighted by atomic mass is 9.86. The van der Waals surface area contributed by atoms with Gasteiger partial charge in [-0.25, -0.2) is 9.18 Å². The minimum atomic E-state index is -1.38. The molecule has 0 aromatic heterocycles. The average molecular weight is 426 g/mol. The monoisotopic (exact) mass is 426 g/mol. The smallest absolute Gasteiger partial charge is 0.329 e. The van der Waals surface area contributed by atoms with E-state index in [1.165, 1.54) is 24.1 Å². The van der Waals surface area contributed by atoms with Gasteiger partial charge in [-0.15, -0.1) is 0 Å². The summed E-state index contributed by atoms with van der Waals surface area (Å²) in [6, 6.07) is 12.6. The molecule has 0 aliphatic carbocycles. The van der Waals surface area contributed by atoms with Crippen molar-refractivity contribution in [3.05, 3.63) is 65.5 Å². The van der Waals surface area contributed by atoms with Crippen LogP contribution in [0, 0.1) is 5.82 Å². The topological polar surface area (TPSA) is 88.4 Å². The van der Waals surface area contributed by atoms with E-state index in [9.17, 15) is 19.1 Å². The second-order valence-corrected chi connectivity index (χ2v) is 7.81. The van der Waals surface area contributed by atoms with Crippen molar-refractivity contribution in [2.45, 2.75) is 37.3 Å². The molecule has 162 valence electrons. The Morgan fingerprint density at radius 2 is 2.06 bits per heavy atom. The first-order valence-corrected chi connectivity index (χ1v) is 10.1. The molecule has 2 heterocycles. The van der Waals surface area contributed by atoms with Gasteiger partial charge in [0.05, 0.1) is 12.8 Å². The number of rotatable bonds is 6. The van der Waals surface area contributed by atoms with Gasteiger partial charge in [-0.3, -0.25) is 4.79 Å². The Balaban J connectivity index is 1.53. The molecule has 1 amide bonds. The first-order valence-electron chi connectivity index (χ1n) is 10.1. The van der Waals surface area contributed by atoms with Gasteiger partial charge in [0.1, 0.15) is 23.2 Å². The van der Waals surface area contributed by atoms with Crippen LogP contribution in [0.4, 0.5) is 4.39 Å². The lowest BCUT2D eigenvalue weighted by Gasteiger charge is -2.36. The van der Waals surface area contributed by atoms with Crippen LogP contribution in [0.15, 0.2) is 53.7 Å². The summed E-state index contributed by atoms with van der Waals surface area (Å²) in [5.74, 6) is -1.22. The number of ether oxygens (including phenoxy) is 1. The van der Waals surface area contributed by atoms with E-state index in [-0.39, 0.29) is 18.1 Å². The molecule has 4 rings (SSSR count). The normalized spacial score (nSPS) is 22.7. The predicted octanol–water partition coefficient (Wildman–Crippen LogP) is 3.48. The molecule has 7 nitrogen and oxygen atoms in total. The molecule has 2 aliphatic heterocycles. The number of methoxy groups -OCH3 is 1. The molecule has 31 heavy (non-hydrogen) atoms. The Bertz CT molecular complexity index is 1020. The minimum Gasteiger partial charge on any atom is -0.497 e. The zero-order valence-corrected chi connectivity index (χ0v) is 17.1. The van der Waals surface area contributed by atoms with Gasteiger partial charge in [0, 0.05) is 24.9 Å². The molecule has 0 bridgehead atoms. The molecule has 0 radical (unpaired) electrons. The molecule has 1 N–H and O–H groups in total. The Labute approximate surface area is 179 Å². The van der Waals surface area contributed by atoms with Crippen molar-refractivity contribution in [3.8, 4) is 5.75 Å². The maximum absolute atomic E-state index is 13.2. The molecule has 0 unspecified atom stereocenters. The number of hydrogen-bond donors (Lipinski definition) is 1. The van der Waals surface area contributed by atoms with Crippen molar-refractivity contribution >= 4 is 17.6 Å². The fourth-order valence-corrected chi connectivity index (χ4v) is 4.34. The Morgan fingerprint density at radius 3 is 2.77 bits per heavy atom. The van der Waals surface area contributed by atoms with E-state index in [4.69, 9.17) is 9.57 Å². The number of halogens is 1. The molecule has 8 heteroatoms. The lowest BCUT2D eigenvalue weighted by Crippen LogP contribution is -2.54. The number of carboxylic acids is 1. The maximum atomic E-state index is 13.2. The third-order valence-corrected chi connectivity index (χ3v) is 5.92. The van der Waals surface area contributed by atoms with Crippen molar-refractivity contribution in [1.29, 1.82) is 0 Å². The number of oxime groups is 1. The molecule has 2 aliphatic rings. The number of aliphatic carboxylic acids is 1. The van der Waals surface area contributed by atoms with Gasteiger partial charge in [0.25, 0.3) is 5.91 Å². The van der Waals surface area contributed by atoms with Crippen molar-refractivity contribution in [2.24, 2.45) is 5.16 Å². The molecular formula is C23H23FN2O5. The first-order chi connectivity index (χ1) is 14.9. The number of carbonyl (C=O) groups excluding carboxylic acids is 1. The van der Waals surface area contributed by atoms with Crippen LogP contribution in [0.3, 0.4) is 0 Å². The zero-order chi connectivity index (χ0) is 22.0. The van der Waals surface area contributed by atoms with Crippen LogP contribution < -0.4 is 4.74 Å². The third kappa shape index (κ3) is 3.97. The van der Waals surface area contributed by atoms with E-state index in [0.717, 1.165) is 5.56 Å². The summed E-state index contributed by atoms with van der Waals surface area (Å²) < 4.78 is 18.4. The quantitative estimate of drug-likeness (QED) is 0.764. The highest BCUT2D eigenvalue weighted by Crippen LogP contribution is 2.38. The van der Waals surface area contributed by atoms with Crippen molar-refractivity contribution < 1.29 is 28.7 Å². The van der Waals surface area contributed by atoms with Crippen LogP contribution in [0.25, 0.3) is 0 Å². The molecule has 1 saturated heterocycles. The first kappa shape index (κ1) is 20.8. The van der Waals surface area contributed by atoms with Crippen LogP contribution in [-0.4, -0.2) is 52.9 Å². The van der Waals surface area contributed by atoms with E-state index < -0.39 is 17.6 Å². The Morgan fingerprint density at radius 1 is 1.29 bits per heavy atom. The predicted molar refractivity (Wildman–Crippen MR) is 111 cm³/mol. The molecule has 2 atom stereocenters. The standard InChI is InChI=1S/C23H23FN2O5/c1-30-18-5-2-4-16(12-18)21(27)26-11-3-10-23(26,22(28)29)14-19-13-20(25-31-19)15-6-8-17(24)9-7-15/h2,4-9,12,19H,3,10-11,13-14H2,1H3,(H,28,29)/t19-,23-/m0/s1. The van der Waals surface area contributed by atoms with Gasteiger partial charge < -0.3 is 19.6 Å². The van der Waals surface area contributed by atoms with Gasteiger partial charge >= 0.3 is 5.97 Å². The van der Waals surface area contributed by atoms with E-state index in [1.54, 1.807) is 36.4 Å². The maximum Gasteiger partial charge on any atom is 0.329 e. The van der Waals surface area contributed by atoms with Crippen molar-refractivity contribution in [2.75, 3.05) is 13.7 Å². The van der Waals surface area contributed by atoms with Crippen molar-refractivity contribution in [1.82, 2.24) is 4.90 Å². The number of benzene rings is 2. The van der Waals surface area contributed by atoms with Gasteiger partial charge in [0.2, 0.25) is 0 Å². The SMILES string of the molecule is COc1cccc(C(=O)N2CCC[C@]2(C[C@@H]2CC(c3ccc(F)cc3)=NO2)C(=O)O)c1. The van der Waals surface area contributed by atoms with E-state index in [2.05, 4.69) is 5.16 Å². The van der Waals surface area contributed by atoms with E-state index in [1.807, 2.05) is 0 Å². The molecular weight excluding hydrogens is 403 g/mol. The van der Waals surface area contributed by atoms with Crippen LogP contribution in [0.5, 0.6) is 5.75 Å². The Hall–Kier alpha value is -3.42. The largest absolute Gasteiger partial charge is 0.497 e. The number of nitrogens with zero attached hydrogens (tertiary/aromatic N) is 2. The highest BCUT2D eigenvalue weighted by Gasteiger charge is 2.52. The van der Waals surface area contributed by atoms with Crippen LogP contribution in [0.2, 0.25) is 0 Å². The van der Waals surface area contributed by atoms with Crippen LogP contribution in [0.1, 0.15) is 41.6 Å². The highest BCUT2D eigenvalue weighted by molar-refractivity contribution is 6.01. The van der Waals surface area contributed by atoms with Gasteiger partial charge in [0.15, 0.2) is 0 Å². The zero-order valence-electron chi connectivity index (χ0n) is 17.1. The molecule has 0 saturated carbocycles. The molecule has 1 fully saturated rings. The second-order valence-electron chi connectivity index (χ2n) is 7.81. The summed E-state index contributed by atoms with van der Waals surface area (Å²) in [6.07, 6.45) is 0.938. The number of likely N-dealkylation sites (tertiary alicyclic amines) is 1. The number of amides is 1. The molecule has 2 aromatic rings. The van der Waals surface area contributed by atoms with Crippen LogP contribution in [-0.2, 0) is 9.63 Å². The highest BCUT2D eigenvalue weighted by atomic mass is 19.1. The van der Waals surface area contributed by atoms with E-state index in [0.29, 0.717) is 42.8 Å². The van der Waals surface area contributed by atoms with Gasteiger partial charge in [-0.05, 0) is 48.7 Å². The average Bonchev–Trinajstić information content (AvgIpc) is 3.42. The number of carbonyl (C=O) groups is 2. The fraction of sp³-hybridized carbons (Fsp3) is 0.348. The Kier molecular flexibility index (Phi) is 5.63. The minimum absolute atomic E-state index is 0.117. The van der Waals surface area contributed by atoms with Gasteiger partial charge in [-0.1, -0.05) is 23.4 Å². The summed E-state index contributed by atoms with van der Waals surface area (Å²) in [5, 5.41) is 14.2. The summed E-state index contributed by atoms with van der Waals surface area (Å²) in [5.41, 5.74) is 0.360. The second kappa shape index (κ2) is 8.37. The molecule has 0 spiro atoms. The third-order valence-electron chi connectivity index (χ3n) is 5.92. The van der Waals surface area contributed by atoms with E-state index >= 15 is 0 Å². The fourth-order valence-electron chi connectivity index (χ4n) is 4.34. The summed E-state index contributed by atoms with van der Waals surface area (Å²) in [7, 11) is 1.51. The summed E-state index contributed by atoms with van der Waals surface area (Å²) >= 11 is 0. The lowest BCUT2D eigenvalue weighted by molar-refractivity contribution is -0.150. The number of carboxylic acid groups (broad SMARTS) is 1. The summed E-state index contributed by atoms with van der Waals surface area (Å²) in [6.45, 7) is 0.348. The van der Waals surface area contributed by atoms with Crippen LogP contribution >= 0.6 is 0 Å². The van der Waals surface area contributed by atoms with Crippen molar-refractivity contribution in [3.63, 3.8) is 0 Å². The summed E-state index contributed by atoms with van der Waals surface area (Å²) in [4.78, 5) is 32.6. The number of hydrogen-bond acceptors (Lipinski definition) is 5. The van der Waals surface area contributed by atoms with Gasteiger partial charge in [-0.2, -0.15) is 0 Å². The molecule has 2 aromatic carbocycles.